The van der Waals surface area contributed by atoms with Gasteiger partial charge in [0, 0.05) is 12.8 Å². The minimum Gasteiger partial charge on any atom is -0.470 e. The summed E-state index contributed by atoms with van der Waals surface area (Å²) in [5.74, 6) is 0.925. The van der Waals surface area contributed by atoms with Crippen LogP contribution in [0.3, 0.4) is 0 Å². The van der Waals surface area contributed by atoms with Crippen molar-refractivity contribution in [1.82, 2.24) is 0 Å². The van der Waals surface area contributed by atoms with E-state index in [0.29, 0.717) is 0 Å². The first kappa shape index (κ1) is 6.62. The van der Waals surface area contributed by atoms with Crippen LogP contribution in [0.15, 0.2) is 11.8 Å². The Hall–Kier alpha value is -0.500. The van der Waals surface area contributed by atoms with Gasteiger partial charge in [0.2, 0.25) is 0 Å². The predicted molar refractivity (Wildman–Crippen MR) is 34.7 cm³/mol. The normalized spacial score (nSPS) is 32.2. The van der Waals surface area contributed by atoms with E-state index < -0.39 is 6.29 Å². The van der Waals surface area contributed by atoms with Gasteiger partial charge in [-0.1, -0.05) is 0 Å². The lowest BCUT2D eigenvalue weighted by Gasteiger charge is -2.20. The van der Waals surface area contributed by atoms with Crippen molar-refractivity contribution in [3.8, 4) is 0 Å². The fourth-order valence-electron chi connectivity index (χ4n) is 0.956. The van der Waals surface area contributed by atoms with E-state index in [4.69, 9.17) is 9.84 Å². The van der Waals surface area contributed by atoms with Crippen molar-refractivity contribution >= 4 is 0 Å². The average molecular weight is 128 g/mol. The van der Waals surface area contributed by atoms with E-state index in [1.807, 2.05) is 13.0 Å². The molecule has 0 aromatic heterocycles. The monoisotopic (exact) mass is 128 g/mol. The second-order valence-electron chi connectivity index (χ2n) is 2.22. The van der Waals surface area contributed by atoms with Gasteiger partial charge in [-0.2, -0.15) is 0 Å². The van der Waals surface area contributed by atoms with Gasteiger partial charge in [0.15, 0.2) is 6.29 Å². The molecule has 0 bridgehead atoms. The Bertz CT molecular complexity index is 118. The molecule has 1 atom stereocenters. The number of allylic oxidation sites excluding steroid dienone is 2. The molecule has 52 valence electrons. The second-order valence-corrected chi connectivity index (χ2v) is 2.22. The van der Waals surface area contributed by atoms with Crippen molar-refractivity contribution in [2.24, 2.45) is 0 Å². The highest BCUT2D eigenvalue weighted by Crippen LogP contribution is 2.19. The van der Waals surface area contributed by atoms with Crippen molar-refractivity contribution in [3.05, 3.63) is 11.8 Å². The van der Waals surface area contributed by atoms with Gasteiger partial charge in [0.05, 0.1) is 5.76 Å². The van der Waals surface area contributed by atoms with Crippen LogP contribution >= 0.6 is 0 Å². The maximum atomic E-state index is 8.95. The van der Waals surface area contributed by atoms with E-state index in [9.17, 15) is 0 Å². The molecule has 1 unspecified atom stereocenters. The van der Waals surface area contributed by atoms with E-state index in [2.05, 4.69) is 0 Å². The van der Waals surface area contributed by atoms with E-state index in [-0.39, 0.29) is 0 Å². The Kier molecular flexibility index (Phi) is 2.11. The molecule has 1 heterocycles. The fourth-order valence-corrected chi connectivity index (χ4v) is 0.956. The lowest BCUT2D eigenvalue weighted by molar-refractivity contribution is -0.0889. The molecule has 1 aliphatic heterocycles. The van der Waals surface area contributed by atoms with Crippen molar-refractivity contribution in [2.45, 2.75) is 32.5 Å². The second kappa shape index (κ2) is 2.87. The topological polar surface area (TPSA) is 29.5 Å². The Labute approximate surface area is 55.1 Å². The molecule has 0 saturated carbocycles. The number of aliphatic hydroxyl groups is 1. The molecule has 1 rings (SSSR count). The van der Waals surface area contributed by atoms with Crippen LogP contribution in [0.1, 0.15) is 26.2 Å². The molecular weight excluding hydrogens is 116 g/mol. The lowest BCUT2D eigenvalue weighted by Crippen LogP contribution is -2.16. The number of rotatable bonds is 0. The molecule has 2 nitrogen and oxygen atoms in total. The fraction of sp³-hybridized carbons (Fsp3) is 0.714. The molecule has 2 heteroatoms. The van der Waals surface area contributed by atoms with Gasteiger partial charge in [-0.15, -0.1) is 0 Å². The molecule has 0 aromatic carbocycles. The Morgan fingerprint density at radius 2 is 2.56 bits per heavy atom. The summed E-state index contributed by atoms with van der Waals surface area (Å²) in [5, 5.41) is 8.95. The van der Waals surface area contributed by atoms with Crippen LogP contribution in [0.5, 0.6) is 0 Å². The summed E-state index contributed by atoms with van der Waals surface area (Å²) in [6.45, 7) is 1.92. The molecule has 0 radical (unpaired) electrons. The van der Waals surface area contributed by atoms with Crippen LogP contribution < -0.4 is 0 Å². The van der Waals surface area contributed by atoms with Gasteiger partial charge in [-0.05, 0) is 19.4 Å². The highest BCUT2D eigenvalue weighted by atomic mass is 16.6. The highest BCUT2D eigenvalue weighted by Gasteiger charge is 2.12. The van der Waals surface area contributed by atoms with Gasteiger partial charge in [0.1, 0.15) is 0 Å². The van der Waals surface area contributed by atoms with Gasteiger partial charge in [0.25, 0.3) is 0 Å². The van der Waals surface area contributed by atoms with Crippen molar-refractivity contribution < 1.29 is 9.84 Å². The standard InChI is InChI=1S/C7H12O2/c1-2-6-4-3-5-7(8)9-6/h2,7-8H,3-5H2,1H3/b6-2-. The summed E-state index contributed by atoms with van der Waals surface area (Å²) >= 11 is 0. The average Bonchev–Trinajstić information content (AvgIpc) is 1.88. The summed E-state index contributed by atoms with van der Waals surface area (Å²) < 4.78 is 5.05. The third kappa shape index (κ3) is 1.72. The molecule has 1 saturated heterocycles. The third-order valence-electron chi connectivity index (χ3n) is 1.48. The molecule has 1 N–H and O–H groups in total. The van der Waals surface area contributed by atoms with Gasteiger partial charge in [-0.25, -0.2) is 0 Å². The zero-order valence-corrected chi connectivity index (χ0v) is 5.63. The summed E-state index contributed by atoms with van der Waals surface area (Å²) in [5.41, 5.74) is 0. The number of hydrogen-bond donors (Lipinski definition) is 1. The number of hydrogen-bond acceptors (Lipinski definition) is 2. The van der Waals surface area contributed by atoms with Crippen LogP contribution in [0.25, 0.3) is 0 Å². The van der Waals surface area contributed by atoms with Gasteiger partial charge < -0.3 is 9.84 Å². The first-order valence-electron chi connectivity index (χ1n) is 3.33. The summed E-state index contributed by atoms with van der Waals surface area (Å²) in [6, 6.07) is 0. The van der Waals surface area contributed by atoms with Crippen molar-refractivity contribution in [3.63, 3.8) is 0 Å². The van der Waals surface area contributed by atoms with E-state index in [1.165, 1.54) is 0 Å². The molecule has 1 fully saturated rings. The maximum Gasteiger partial charge on any atom is 0.196 e. The van der Waals surface area contributed by atoms with Crippen LogP contribution in [-0.2, 0) is 4.74 Å². The first-order valence-corrected chi connectivity index (χ1v) is 3.33. The minimum absolute atomic E-state index is 0.551. The largest absolute Gasteiger partial charge is 0.470 e. The summed E-state index contributed by atoms with van der Waals surface area (Å²) in [6.07, 6.45) is 4.15. The van der Waals surface area contributed by atoms with Crippen LogP contribution in [0, 0.1) is 0 Å². The summed E-state index contributed by atoms with van der Waals surface area (Å²) in [4.78, 5) is 0. The predicted octanol–water partition coefficient (Wildman–Crippen LogP) is 1.41. The van der Waals surface area contributed by atoms with Crippen LogP contribution in [0.4, 0.5) is 0 Å². The van der Waals surface area contributed by atoms with Crippen molar-refractivity contribution in [2.75, 3.05) is 0 Å². The lowest BCUT2D eigenvalue weighted by atomic mass is 10.1. The van der Waals surface area contributed by atoms with Crippen LogP contribution in [0.2, 0.25) is 0 Å². The molecular formula is C7H12O2. The Balaban J connectivity index is 2.41. The first-order chi connectivity index (χ1) is 4.33. The Morgan fingerprint density at radius 3 is 3.00 bits per heavy atom. The smallest absolute Gasteiger partial charge is 0.196 e. The van der Waals surface area contributed by atoms with Gasteiger partial charge in [-0.3, -0.25) is 0 Å². The van der Waals surface area contributed by atoms with E-state index in [1.54, 1.807) is 0 Å². The minimum atomic E-state index is -0.551. The molecule has 1 aliphatic rings. The van der Waals surface area contributed by atoms with E-state index in [0.717, 1.165) is 25.0 Å². The maximum absolute atomic E-state index is 8.95. The van der Waals surface area contributed by atoms with Crippen LogP contribution in [-0.4, -0.2) is 11.4 Å². The molecule has 9 heavy (non-hydrogen) atoms. The van der Waals surface area contributed by atoms with Crippen molar-refractivity contribution in [1.29, 1.82) is 0 Å². The quantitative estimate of drug-likeness (QED) is 0.534. The molecule has 0 spiro atoms. The third-order valence-corrected chi connectivity index (χ3v) is 1.48. The molecule has 0 aliphatic carbocycles. The SMILES string of the molecule is C/C=C1/CCCC(O)O1. The van der Waals surface area contributed by atoms with Gasteiger partial charge >= 0.3 is 0 Å². The molecule has 0 amide bonds. The Morgan fingerprint density at radius 1 is 1.78 bits per heavy atom. The molecule has 0 aromatic rings. The summed E-state index contributed by atoms with van der Waals surface area (Å²) in [7, 11) is 0. The number of aliphatic hydroxyl groups excluding tert-OH is 1. The number of ether oxygens (including phenoxy) is 1. The zero-order valence-electron chi connectivity index (χ0n) is 5.63. The zero-order chi connectivity index (χ0) is 6.69. The van der Waals surface area contributed by atoms with E-state index >= 15 is 0 Å². The highest BCUT2D eigenvalue weighted by molar-refractivity contribution is 4.92.